The SMILES string of the molecule is O=C(O)CCc1ccccc1NS(=O)(=O)CCCOCc1ccccc1. The molecule has 0 bridgehead atoms. The molecule has 0 heterocycles. The third kappa shape index (κ3) is 7.25. The molecule has 0 aliphatic heterocycles. The second-order valence-electron chi connectivity index (χ2n) is 5.86. The summed E-state index contributed by atoms with van der Waals surface area (Å²) in [5.41, 5.74) is 2.14. The summed E-state index contributed by atoms with van der Waals surface area (Å²) in [4.78, 5) is 10.7. The van der Waals surface area contributed by atoms with E-state index in [2.05, 4.69) is 4.72 Å². The lowest BCUT2D eigenvalue weighted by atomic mass is 10.1. The Morgan fingerprint density at radius 1 is 1.04 bits per heavy atom. The molecule has 0 atom stereocenters. The molecule has 2 aromatic carbocycles. The quantitative estimate of drug-likeness (QED) is 0.587. The second kappa shape index (κ2) is 9.94. The van der Waals surface area contributed by atoms with Gasteiger partial charge in [0.05, 0.1) is 18.0 Å². The summed E-state index contributed by atoms with van der Waals surface area (Å²) >= 11 is 0. The first-order valence-electron chi connectivity index (χ1n) is 8.38. The fourth-order valence-electron chi connectivity index (χ4n) is 2.41. The van der Waals surface area contributed by atoms with Gasteiger partial charge < -0.3 is 9.84 Å². The maximum atomic E-state index is 12.2. The van der Waals surface area contributed by atoms with E-state index in [0.29, 0.717) is 30.9 Å². The molecule has 0 unspecified atom stereocenters. The number of sulfonamides is 1. The van der Waals surface area contributed by atoms with E-state index in [-0.39, 0.29) is 18.6 Å². The third-order valence-corrected chi connectivity index (χ3v) is 5.06. The fraction of sp³-hybridized carbons (Fsp3) is 0.316. The molecular formula is C19H23NO5S. The van der Waals surface area contributed by atoms with Gasteiger partial charge >= 0.3 is 5.97 Å². The molecule has 0 spiro atoms. The van der Waals surface area contributed by atoms with Crippen molar-refractivity contribution in [3.8, 4) is 0 Å². The lowest BCUT2D eigenvalue weighted by molar-refractivity contribution is -0.136. The Morgan fingerprint density at radius 2 is 1.73 bits per heavy atom. The van der Waals surface area contributed by atoms with Crippen molar-refractivity contribution in [2.24, 2.45) is 0 Å². The molecule has 0 aliphatic carbocycles. The summed E-state index contributed by atoms with van der Waals surface area (Å²) < 4.78 is 32.5. The van der Waals surface area contributed by atoms with Gasteiger partial charge in [-0.3, -0.25) is 9.52 Å². The van der Waals surface area contributed by atoms with Gasteiger partial charge in [0.2, 0.25) is 10.0 Å². The summed E-state index contributed by atoms with van der Waals surface area (Å²) in [5.74, 6) is -0.979. The zero-order chi connectivity index (χ0) is 18.8. The van der Waals surface area contributed by atoms with Crippen molar-refractivity contribution in [3.05, 3.63) is 65.7 Å². The Bertz CT molecular complexity index is 806. The highest BCUT2D eigenvalue weighted by Gasteiger charge is 2.13. The van der Waals surface area contributed by atoms with Gasteiger partial charge in [-0.05, 0) is 30.0 Å². The van der Waals surface area contributed by atoms with Gasteiger partial charge in [-0.2, -0.15) is 0 Å². The van der Waals surface area contributed by atoms with E-state index >= 15 is 0 Å². The van der Waals surface area contributed by atoms with E-state index in [0.717, 1.165) is 5.56 Å². The zero-order valence-electron chi connectivity index (χ0n) is 14.4. The number of benzene rings is 2. The molecule has 0 amide bonds. The van der Waals surface area contributed by atoms with E-state index < -0.39 is 16.0 Å². The lowest BCUT2D eigenvalue weighted by Crippen LogP contribution is -2.19. The average Bonchev–Trinajstić information content (AvgIpc) is 2.61. The van der Waals surface area contributed by atoms with Gasteiger partial charge in [0.25, 0.3) is 0 Å². The standard InChI is InChI=1S/C19H23NO5S/c21-19(22)12-11-17-9-4-5-10-18(17)20-26(23,24)14-6-13-25-15-16-7-2-1-3-8-16/h1-5,7-10,20H,6,11-15H2,(H,21,22). The minimum absolute atomic E-state index is 0.0495. The molecule has 7 heteroatoms. The number of para-hydroxylation sites is 1. The Morgan fingerprint density at radius 3 is 2.46 bits per heavy atom. The number of nitrogens with one attached hydrogen (secondary N) is 1. The number of carboxylic acid groups (broad SMARTS) is 1. The number of hydrogen-bond donors (Lipinski definition) is 2. The molecule has 2 aromatic rings. The maximum Gasteiger partial charge on any atom is 0.303 e. The van der Waals surface area contributed by atoms with Gasteiger partial charge in [0, 0.05) is 13.0 Å². The van der Waals surface area contributed by atoms with E-state index in [1.54, 1.807) is 24.3 Å². The number of ether oxygens (including phenoxy) is 1. The first kappa shape index (κ1) is 19.9. The number of carbonyl (C=O) groups is 1. The van der Waals surface area contributed by atoms with Gasteiger partial charge in [0.1, 0.15) is 0 Å². The van der Waals surface area contributed by atoms with Crippen molar-refractivity contribution in [1.29, 1.82) is 0 Å². The van der Waals surface area contributed by atoms with Crippen LogP contribution in [0, 0.1) is 0 Å². The highest BCUT2D eigenvalue weighted by Crippen LogP contribution is 2.18. The Balaban J connectivity index is 1.80. The Kier molecular flexibility index (Phi) is 7.62. The van der Waals surface area contributed by atoms with E-state index in [1.165, 1.54) is 0 Å². The number of aliphatic carboxylic acids is 1. The van der Waals surface area contributed by atoms with Crippen LogP contribution < -0.4 is 4.72 Å². The number of aryl methyl sites for hydroxylation is 1. The van der Waals surface area contributed by atoms with E-state index in [1.807, 2.05) is 30.3 Å². The largest absolute Gasteiger partial charge is 0.481 e. The molecule has 2 N–H and O–H groups in total. The topological polar surface area (TPSA) is 92.7 Å². The Hall–Kier alpha value is -2.38. The zero-order valence-corrected chi connectivity index (χ0v) is 15.2. The van der Waals surface area contributed by atoms with Crippen molar-refractivity contribution < 1.29 is 23.1 Å². The van der Waals surface area contributed by atoms with Crippen molar-refractivity contribution in [2.45, 2.75) is 25.9 Å². The summed E-state index contributed by atoms with van der Waals surface area (Å²) in [6.07, 6.45) is 0.597. The molecule has 0 saturated carbocycles. The first-order valence-corrected chi connectivity index (χ1v) is 10.0. The lowest BCUT2D eigenvalue weighted by Gasteiger charge is -2.12. The molecule has 0 aliphatic rings. The second-order valence-corrected chi connectivity index (χ2v) is 7.71. The molecule has 0 aromatic heterocycles. The van der Waals surface area contributed by atoms with Crippen LogP contribution in [0.15, 0.2) is 54.6 Å². The molecule has 6 nitrogen and oxygen atoms in total. The predicted molar refractivity (Wildman–Crippen MR) is 101 cm³/mol. The van der Waals surface area contributed by atoms with Gasteiger partial charge in [-0.1, -0.05) is 48.5 Å². The smallest absolute Gasteiger partial charge is 0.303 e. The number of anilines is 1. The third-order valence-electron chi connectivity index (χ3n) is 3.70. The van der Waals surface area contributed by atoms with Crippen LogP contribution in [0.1, 0.15) is 24.0 Å². The highest BCUT2D eigenvalue weighted by molar-refractivity contribution is 7.92. The van der Waals surface area contributed by atoms with Crippen LogP contribution >= 0.6 is 0 Å². The van der Waals surface area contributed by atoms with Crippen molar-refractivity contribution in [3.63, 3.8) is 0 Å². The summed E-state index contributed by atoms with van der Waals surface area (Å²) in [7, 11) is -3.52. The highest BCUT2D eigenvalue weighted by atomic mass is 32.2. The van der Waals surface area contributed by atoms with Crippen molar-refractivity contribution in [2.75, 3.05) is 17.1 Å². The van der Waals surface area contributed by atoms with Crippen LogP contribution in [0.25, 0.3) is 0 Å². The average molecular weight is 377 g/mol. The normalized spacial score (nSPS) is 11.2. The molecule has 0 fully saturated rings. The minimum atomic E-state index is -3.52. The molecule has 26 heavy (non-hydrogen) atoms. The van der Waals surface area contributed by atoms with E-state index in [4.69, 9.17) is 9.84 Å². The molecule has 140 valence electrons. The number of hydrogen-bond acceptors (Lipinski definition) is 4. The van der Waals surface area contributed by atoms with Crippen LogP contribution in [0.2, 0.25) is 0 Å². The minimum Gasteiger partial charge on any atom is -0.481 e. The molecule has 0 saturated heterocycles. The van der Waals surface area contributed by atoms with Crippen LogP contribution in [-0.2, 0) is 32.6 Å². The first-order chi connectivity index (χ1) is 12.5. The molecule has 2 rings (SSSR count). The predicted octanol–water partition coefficient (Wildman–Crippen LogP) is 3.05. The maximum absolute atomic E-state index is 12.2. The fourth-order valence-corrected chi connectivity index (χ4v) is 3.55. The monoisotopic (exact) mass is 377 g/mol. The van der Waals surface area contributed by atoms with Crippen LogP contribution in [0.4, 0.5) is 5.69 Å². The number of rotatable bonds is 11. The summed E-state index contributed by atoms with van der Waals surface area (Å²) in [5, 5.41) is 8.79. The summed E-state index contributed by atoms with van der Waals surface area (Å²) in [6, 6.07) is 16.5. The van der Waals surface area contributed by atoms with Gasteiger partial charge in [-0.25, -0.2) is 8.42 Å². The molecule has 0 radical (unpaired) electrons. The van der Waals surface area contributed by atoms with Crippen molar-refractivity contribution >= 4 is 21.7 Å². The van der Waals surface area contributed by atoms with Gasteiger partial charge in [0.15, 0.2) is 0 Å². The summed E-state index contributed by atoms with van der Waals surface area (Å²) in [6.45, 7) is 0.794. The number of carboxylic acids is 1. The van der Waals surface area contributed by atoms with E-state index in [9.17, 15) is 13.2 Å². The Labute approximate surface area is 153 Å². The van der Waals surface area contributed by atoms with Crippen LogP contribution in [0.3, 0.4) is 0 Å². The van der Waals surface area contributed by atoms with Crippen LogP contribution in [-0.4, -0.2) is 31.9 Å². The van der Waals surface area contributed by atoms with Gasteiger partial charge in [-0.15, -0.1) is 0 Å². The van der Waals surface area contributed by atoms with Crippen molar-refractivity contribution in [1.82, 2.24) is 0 Å². The molecular weight excluding hydrogens is 354 g/mol. The van der Waals surface area contributed by atoms with Crippen LogP contribution in [0.5, 0.6) is 0 Å².